The van der Waals surface area contributed by atoms with Crippen LogP contribution >= 0.6 is 0 Å². The number of hydrogen-bond acceptors (Lipinski definition) is 3. The standard InChI is InChI=1S/C12H11NO2/c1-7-6-10-9-4-3-5-13-12(9)15-11(10)8(2)14-7/h3-7H,1-2H3. The van der Waals surface area contributed by atoms with Gasteiger partial charge in [0.2, 0.25) is 5.71 Å². The predicted octanol–water partition coefficient (Wildman–Crippen LogP) is 1.16. The molecule has 1 aliphatic heterocycles. The van der Waals surface area contributed by atoms with Crippen molar-refractivity contribution in [2.75, 3.05) is 0 Å². The molecule has 0 saturated carbocycles. The molecule has 3 heteroatoms. The number of aromatic nitrogens is 1. The summed E-state index contributed by atoms with van der Waals surface area (Å²) < 4.78 is 11.2. The van der Waals surface area contributed by atoms with E-state index in [0.29, 0.717) is 5.71 Å². The van der Waals surface area contributed by atoms with Crippen molar-refractivity contribution in [2.24, 2.45) is 0 Å². The Morgan fingerprint density at radius 2 is 2.27 bits per heavy atom. The molecule has 3 heterocycles. The van der Waals surface area contributed by atoms with Crippen molar-refractivity contribution < 1.29 is 9.15 Å². The Labute approximate surface area is 86.7 Å². The molecular weight excluding hydrogens is 190 g/mol. The van der Waals surface area contributed by atoms with E-state index < -0.39 is 0 Å². The SMILES string of the molecule is CC1=c2oc3ncccc3c2=CC(C)O1. The van der Waals surface area contributed by atoms with E-state index in [1.807, 2.05) is 26.0 Å². The molecule has 0 saturated heterocycles. The monoisotopic (exact) mass is 201 g/mol. The maximum Gasteiger partial charge on any atom is 0.227 e. The summed E-state index contributed by atoms with van der Waals surface area (Å²) >= 11 is 0. The third kappa shape index (κ3) is 1.16. The average molecular weight is 201 g/mol. The number of nitrogens with zero attached hydrogens (tertiary/aromatic N) is 1. The topological polar surface area (TPSA) is 35.3 Å². The quantitative estimate of drug-likeness (QED) is 0.641. The van der Waals surface area contributed by atoms with Crippen LogP contribution in [0.5, 0.6) is 0 Å². The average Bonchev–Trinajstić information content (AvgIpc) is 2.57. The maximum atomic E-state index is 5.65. The zero-order valence-corrected chi connectivity index (χ0v) is 8.65. The van der Waals surface area contributed by atoms with Crippen molar-refractivity contribution >= 4 is 22.9 Å². The Balaban J connectivity index is 2.57. The van der Waals surface area contributed by atoms with E-state index in [0.717, 1.165) is 21.8 Å². The van der Waals surface area contributed by atoms with E-state index in [-0.39, 0.29) is 6.10 Å². The first-order chi connectivity index (χ1) is 7.25. The highest BCUT2D eigenvalue weighted by Gasteiger charge is 2.13. The molecule has 76 valence electrons. The predicted molar refractivity (Wildman–Crippen MR) is 57.4 cm³/mol. The number of fused-ring (bicyclic) bond motifs is 3. The minimum absolute atomic E-state index is 0.0958. The molecule has 2 aromatic heterocycles. The van der Waals surface area contributed by atoms with Gasteiger partial charge in [-0.15, -0.1) is 0 Å². The number of ether oxygens (including phenoxy) is 1. The van der Waals surface area contributed by atoms with Crippen LogP contribution in [0, 0.1) is 0 Å². The second kappa shape index (κ2) is 2.86. The lowest BCUT2D eigenvalue weighted by molar-refractivity contribution is 0.226. The Bertz CT molecular complexity index is 639. The van der Waals surface area contributed by atoms with Crippen LogP contribution in [-0.4, -0.2) is 11.1 Å². The summed E-state index contributed by atoms with van der Waals surface area (Å²) in [5, 5.41) is 2.16. The first-order valence-corrected chi connectivity index (χ1v) is 4.98. The molecule has 0 N–H and O–H groups in total. The molecule has 0 fully saturated rings. The summed E-state index contributed by atoms with van der Waals surface area (Å²) in [5.74, 6) is 0.831. The van der Waals surface area contributed by atoms with Gasteiger partial charge in [0.05, 0.1) is 0 Å². The summed E-state index contributed by atoms with van der Waals surface area (Å²) in [5.41, 5.74) is 1.48. The Hall–Kier alpha value is -1.77. The van der Waals surface area contributed by atoms with Gasteiger partial charge in [0.1, 0.15) is 11.9 Å². The zero-order valence-electron chi connectivity index (χ0n) is 8.65. The van der Waals surface area contributed by atoms with Crippen LogP contribution in [0.1, 0.15) is 13.8 Å². The van der Waals surface area contributed by atoms with Gasteiger partial charge in [-0.1, -0.05) is 0 Å². The number of furan rings is 1. The minimum atomic E-state index is 0.0958. The Morgan fingerprint density at radius 3 is 3.13 bits per heavy atom. The summed E-state index contributed by atoms with van der Waals surface area (Å²) in [7, 11) is 0. The highest BCUT2D eigenvalue weighted by Crippen LogP contribution is 2.10. The fourth-order valence-electron chi connectivity index (χ4n) is 1.98. The lowest BCUT2D eigenvalue weighted by Crippen LogP contribution is -2.30. The molecule has 1 atom stereocenters. The van der Waals surface area contributed by atoms with Gasteiger partial charge in [-0.2, -0.15) is 0 Å². The zero-order chi connectivity index (χ0) is 10.4. The van der Waals surface area contributed by atoms with Gasteiger partial charge >= 0.3 is 0 Å². The minimum Gasteiger partial charge on any atom is -0.487 e. The Morgan fingerprint density at radius 1 is 1.40 bits per heavy atom. The van der Waals surface area contributed by atoms with Crippen LogP contribution in [0.4, 0.5) is 0 Å². The van der Waals surface area contributed by atoms with E-state index in [1.54, 1.807) is 6.20 Å². The van der Waals surface area contributed by atoms with Gasteiger partial charge in [0.15, 0.2) is 5.42 Å². The second-order valence-electron chi connectivity index (χ2n) is 3.75. The van der Waals surface area contributed by atoms with E-state index in [9.17, 15) is 0 Å². The smallest absolute Gasteiger partial charge is 0.227 e. The van der Waals surface area contributed by atoms with E-state index in [2.05, 4.69) is 11.1 Å². The maximum absolute atomic E-state index is 5.65. The molecule has 0 aliphatic carbocycles. The summed E-state index contributed by atoms with van der Waals surface area (Å²) in [6.45, 7) is 3.94. The van der Waals surface area contributed by atoms with E-state index in [1.165, 1.54) is 0 Å². The van der Waals surface area contributed by atoms with Gasteiger partial charge in [-0.3, -0.25) is 0 Å². The van der Waals surface area contributed by atoms with Crippen LogP contribution in [0.3, 0.4) is 0 Å². The van der Waals surface area contributed by atoms with Crippen LogP contribution in [-0.2, 0) is 4.74 Å². The molecule has 1 unspecified atom stereocenters. The molecule has 0 spiro atoms. The van der Waals surface area contributed by atoms with E-state index >= 15 is 0 Å². The summed E-state index contributed by atoms with van der Waals surface area (Å²) in [6, 6.07) is 3.94. The lowest BCUT2D eigenvalue weighted by atomic mass is 10.2. The van der Waals surface area contributed by atoms with Gasteiger partial charge in [-0.05, 0) is 32.1 Å². The Kier molecular flexibility index (Phi) is 1.63. The number of rotatable bonds is 0. The molecule has 0 bridgehead atoms. The molecule has 0 radical (unpaired) electrons. The highest BCUT2D eigenvalue weighted by atomic mass is 16.5. The highest BCUT2D eigenvalue weighted by molar-refractivity contribution is 5.76. The molecule has 0 aromatic carbocycles. The van der Waals surface area contributed by atoms with Crippen LogP contribution in [0.25, 0.3) is 22.9 Å². The summed E-state index contributed by atoms with van der Waals surface area (Å²) in [6.07, 6.45) is 3.89. The molecule has 15 heavy (non-hydrogen) atoms. The van der Waals surface area contributed by atoms with Crippen molar-refractivity contribution in [3.63, 3.8) is 0 Å². The van der Waals surface area contributed by atoms with Crippen LogP contribution < -0.4 is 10.6 Å². The first kappa shape index (κ1) is 8.53. The van der Waals surface area contributed by atoms with Gasteiger partial charge in [0.25, 0.3) is 0 Å². The van der Waals surface area contributed by atoms with Crippen LogP contribution in [0.15, 0.2) is 22.7 Å². The number of hydrogen-bond donors (Lipinski definition) is 0. The molecular formula is C12H11NO2. The first-order valence-electron chi connectivity index (χ1n) is 4.98. The van der Waals surface area contributed by atoms with Gasteiger partial charge in [-0.25, -0.2) is 4.98 Å². The second-order valence-corrected chi connectivity index (χ2v) is 3.75. The third-order valence-electron chi connectivity index (χ3n) is 2.59. The van der Waals surface area contributed by atoms with Crippen molar-refractivity contribution in [3.8, 4) is 0 Å². The van der Waals surface area contributed by atoms with Crippen LogP contribution in [0.2, 0.25) is 0 Å². The molecule has 3 nitrogen and oxygen atoms in total. The van der Waals surface area contributed by atoms with E-state index in [4.69, 9.17) is 9.15 Å². The van der Waals surface area contributed by atoms with Crippen molar-refractivity contribution in [2.45, 2.75) is 20.0 Å². The normalized spacial score (nSPS) is 19.6. The molecule has 3 rings (SSSR count). The molecule has 0 amide bonds. The number of pyridine rings is 1. The molecule has 2 aromatic rings. The largest absolute Gasteiger partial charge is 0.487 e. The fourth-order valence-corrected chi connectivity index (χ4v) is 1.98. The lowest BCUT2D eigenvalue weighted by Gasteiger charge is -2.12. The van der Waals surface area contributed by atoms with Crippen molar-refractivity contribution in [1.82, 2.24) is 4.98 Å². The fraction of sp³-hybridized carbons (Fsp3) is 0.250. The molecule has 1 aliphatic rings. The van der Waals surface area contributed by atoms with Gasteiger partial charge in [0, 0.05) is 16.8 Å². The van der Waals surface area contributed by atoms with Crippen molar-refractivity contribution in [3.05, 3.63) is 29.0 Å². The van der Waals surface area contributed by atoms with Gasteiger partial charge < -0.3 is 9.15 Å². The van der Waals surface area contributed by atoms with Crippen molar-refractivity contribution in [1.29, 1.82) is 0 Å². The third-order valence-corrected chi connectivity index (χ3v) is 2.59. The summed E-state index contributed by atoms with van der Waals surface area (Å²) in [4.78, 5) is 4.19.